The number of hydrogen-bond donors (Lipinski definition) is 1. The zero-order valence-electron chi connectivity index (χ0n) is 13.7. The molecular weight excluding hydrogens is 274 g/mol. The maximum Gasteiger partial charge on any atom is 0.335 e. The van der Waals surface area contributed by atoms with Gasteiger partial charge in [-0.05, 0) is 62.8 Å². The number of hydrogen-bond acceptors (Lipinski definition) is 2. The smallest absolute Gasteiger partial charge is 0.335 e. The van der Waals surface area contributed by atoms with Gasteiger partial charge in [-0.15, -0.1) is 0 Å². The molecule has 1 spiro atoms. The summed E-state index contributed by atoms with van der Waals surface area (Å²) in [5.41, 5.74) is 2.00. The second-order valence-electron chi connectivity index (χ2n) is 7.27. The van der Waals surface area contributed by atoms with E-state index in [-0.39, 0.29) is 0 Å². The van der Waals surface area contributed by atoms with Crippen molar-refractivity contribution in [3.05, 3.63) is 29.8 Å². The highest BCUT2D eigenvalue weighted by molar-refractivity contribution is 5.88. The third-order valence-electron chi connectivity index (χ3n) is 5.99. The van der Waals surface area contributed by atoms with Gasteiger partial charge in [-0.2, -0.15) is 0 Å². The van der Waals surface area contributed by atoms with Crippen LogP contribution in [0.1, 0.15) is 69.2 Å². The lowest BCUT2D eigenvalue weighted by Gasteiger charge is -2.36. The number of benzene rings is 1. The van der Waals surface area contributed by atoms with E-state index in [4.69, 9.17) is 5.11 Å². The quantitative estimate of drug-likeness (QED) is 0.859. The summed E-state index contributed by atoms with van der Waals surface area (Å²) in [5.74, 6) is -0.852. The van der Waals surface area contributed by atoms with Crippen molar-refractivity contribution in [2.24, 2.45) is 5.41 Å². The molecule has 1 aliphatic heterocycles. The van der Waals surface area contributed by atoms with Crippen molar-refractivity contribution in [1.29, 1.82) is 0 Å². The first kappa shape index (κ1) is 15.4. The molecular formula is C19H27NO2. The molecule has 2 fully saturated rings. The van der Waals surface area contributed by atoms with Gasteiger partial charge in [0.15, 0.2) is 0 Å². The molecule has 0 amide bonds. The number of aromatic carboxylic acids is 1. The molecule has 0 aromatic heterocycles. The summed E-state index contributed by atoms with van der Waals surface area (Å²) in [7, 11) is 0. The minimum atomic E-state index is -0.852. The molecule has 1 saturated carbocycles. The van der Waals surface area contributed by atoms with Crippen LogP contribution >= 0.6 is 0 Å². The van der Waals surface area contributed by atoms with Gasteiger partial charge < -0.3 is 10.0 Å². The second kappa shape index (κ2) is 5.94. The van der Waals surface area contributed by atoms with Crippen LogP contribution in [0.4, 0.5) is 5.69 Å². The zero-order chi connectivity index (χ0) is 15.7. The molecule has 1 aromatic carbocycles. The van der Waals surface area contributed by atoms with Gasteiger partial charge in [0.1, 0.15) is 0 Å². The van der Waals surface area contributed by atoms with Gasteiger partial charge in [-0.3, -0.25) is 0 Å². The zero-order valence-corrected chi connectivity index (χ0v) is 13.7. The Hall–Kier alpha value is -1.51. The highest BCUT2D eigenvalue weighted by Gasteiger charge is 2.47. The molecule has 3 rings (SSSR count). The van der Waals surface area contributed by atoms with Crippen LogP contribution < -0.4 is 4.90 Å². The minimum absolute atomic E-state index is 0.368. The van der Waals surface area contributed by atoms with Crippen LogP contribution in [0.15, 0.2) is 24.3 Å². The van der Waals surface area contributed by atoms with Gasteiger partial charge >= 0.3 is 5.97 Å². The van der Waals surface area contributed by atoms with E-state index in [1.807, 2.05) is 12.1 Å². The van der Waals surface area contributed by atoms with Crippen molar-refractivity contribution in [3.63, 3.8) is 0 Å². The van der Waals surface area contributed by atoms with E-state index in [2.05, 4.69) is 18.7 Å². The Labute approximate surface area is 133 Å². The first-order valence-corrected chi connectivity index (χ1v) is 8.65. The SMILES string of the molecule is CC1CC2(CCCCCC2)C(C)N1c1ccc(C(=O)O)cc1. The fraction of sp³-hybridized carbons (Fsp3) is 0.632. The van der Waals surface area contributed by atoms with Crippen molar-refractivity contribution in [3.8, 4) is 0 Å². The molecule has 1 saturated heterocycles. The van der Waals surface area contributed by atoms with E-state index in [1.54, 1.807) is 12.1 Å². The third-order valence-corrected chi connectivity index (χ3v) is 5.99. The van der Waals surface area contributed by atoms with Crippen molar-refractivity contribution >= 4 is 11.7 Å². The Morgan fingerprint density at radius 3 is 2.23 bits per heavy atom. The molecule has 22 heavy (non-hydrogen) atoms. The molecule has 1 heterocycles. The largest absolute Gasteiger partial charge is 0.478 e. The van der Waals surface area contributed by atoms with Crippen LogP contribution in [0.25, 0.3) is 0 Å². The molecule has 3 heteroatoms. The highest BCUT2D eigenvalue weighted by atomic mass is 16.4. The summed E-state index contributed by atoms with van der Waals surface area (Å²) < 4.78 is 0. The predicted octanol–water partition coefficient (Wildman–Crippen LogP) is 4.71. The average Bonchev–Trinajstić information content (AvgIpc) is 2.67. The van der Waals surface area contributed by atoms with Gasteiger partial charge in [0.05, 0.1) is 5.56 Å². The molecule has 1 aliphatic carbocycles. The molecule has 0 radical (unpaired) electrons. The number of anilines is 1. The maximum atomic E-state index is 11.0. The van der Waals surface area contributed by atoms with E-state index >= 15 is 0 Å². The lowest BCUT2D eigenvalue weighted by atomic mass is 9.74. The molecule has 2 unspecified atom stereocenters. The molecule has 0 bridgehead atoms. The summed E-state index contributed by atoms with van der Waals surface area (Å²) in [4.78, 5) is 13.6. The Morgan fingerprint density at radius 2 is 1.68 bits per heavy atom. The Bertz CT molecular complexity index is 529. The van der Waals surface area contributed by atoms with Crippen LogP contribution in [0.5, 0.6) is 0 Å². The van der Waals surface area contributed by atoms with Crippen molar-refractivity contribution in [2.45, 2.75) is 70.9 Å². The van der Waals surface area contributed by atoms with Gasteiger partial charge in [0.2, 0.25) is 0 Å². The van der Waals surface area contributed by atoms with Crippen LogP contribution in [-0.4, -0.2) is 23.2 Å². The Balaban J connectivity index is 1.85. The number of rotatable bonds is 2. The third kappa shape index (κ3) is 2.62. The Morgan fingerprint density at radius 1 is 1.09 bits per heavy atom. The van der Waals surface area contributed by atoms with Crippen molar-refractivity contribution in [2.75, 3.05) is 4.90 Å². The lowest BCUT2D eigenvalue weighted by Crippen LogP contribution is -2.38. The van der Waals surface area contributed by atoms with Crippen LogP contribution in [0.3, 0.4) is 0 Å². The minimum Gasteiger partial charge on any atom is -0.478 e. The summed E-state index contributed by atoms with van der Waals surface area (Å²) in [6.45, 7) is 4.70. The summed E-state index contributed by atoms with van der Waals surface area (Å²) >= 11 is 0. The lowest BCUT2D eigenvalue weighted by molar-refractivity contribution is 0.0697. The number of nitrogens with zero attached hydrogens (tertiary/aromatic N) is 1. The van der Waals surface area contributed by atoms with Crippen LogP contribution in [0.2, 0.25) is 0 Å². The molecule has 1 N–H and O–H groups in total. The normalized spacial score (nSPS) is 27.8. The second-order valence-corrected chi connectivity index (χ2v) is 7.27. The first-order chi connectivity index (χ1) is 10.5. The van der Waals surface area contributed by atoms with E-state index in [0.29, 0.717) is 23.1 Å². The molecule has 1 aromatic rings. The number of carboxylic acids is 1. The standard InChI is InChI=1S/C19H27NO2/c1-14-13-19(11-5-3-4-6-12-19)15(2)20(14)17-9-7-16(8-10-17)18(21)22/h7-10,14-15H,3-6,11-13H2,1-2H3,(H,21,22). The van der Waals surface area contributed by atoms with Gasteiger partial charge in [0.25, 0.3) is 0 Å². The maximum absolute atomic E-state index is 11.0. The Kier molecular flexibility index (Phi) is 4.16. The highest BCUT2D eigenvalue weighted by Crippen LogP contribution is 2.50. The van der Waals surface area contributed by atoms with Gasteiger partial charge in [-0.1, -0.05) is 25.7 Å². The fourth-order valence-electron chi connectivity index (χ4n) is 4.84. The molecule has 2 atom stereocenters. The van der Waals surface area contributed by atoms with Crippen LogP contribution in [-0.2, 0) is 0 Å². The van der Waals surface area contributed by atoms with E-state index in [0.717, 1.165) is 0 Å². The van der Waals surface area contributed by atoms with E-state index in [9.17, 15) is 4.79 Å². The fourth-order valence-corrected chi connectivity index (χ4v) is 4.84. The van der Waals surface area contributed by atoms with Crippen molar-refractivity contribution < 1.29 is 9.90 Å². The summed E-state index contributed by atoms with van der Waals surface area (Å²) in [6, 6.07) is 8.49. The molecule has 2 aliphatic rings. The van der Waals surface area contributed by atoms with E-state index in [1.165, 1.54) is 50.6 Å². The van der Waals surface area contributed by atoms with Crippen LogP contribution in [0, 0.1) is 5.41 Å². The average molecular weight is 301 g/mol. The van der Waals surface area contributed by atoms with E-state index < -0.39 is 5.97 Å². The van der Waals surface area contributed by atoms with Gasteiger partial charge in [-0.25, -0.2) is 4.79 Å². The van der Waals surface area contributed by atoms with Crippen molar-refractivity contribution in [1.82, 2.24) is 0 Å². The topological polar surface area (TPSA) is 40.5 Å². The predicted molar refractivity (Wildman–Crippen MR) is 89.6 cm³/mol. The summed E-state index contributed by atoms with van der Waals surface area (Å²) in [5, 5.41) is 9.06. The number of carboxylic acid groups (broad SMARTS) is 1. The monoisotopic (exact) mass is 301 g/mol. The molecule has 3 nitrogen and oxygen atoms in total. The first-order valence-electron chi connectivity index (χ1n) is 8.65. The summed E-state index contributed by atoms with van der Waals surface area (Å²) in [6.07, 6.45) is 9.47. The number of carbonyl (C=O) groups is 1. The van der Waals surface area contributed by atoms with Gasteiger partial charge in [0, 0.05) is 17.8 Å². The molecule has 120 valence electrons.